The number of hydrogen-bond donors (Lipinski definition) is 1. The van der Waals surface area contributed by atoms with Crippen molar-refractivity contribution in [3.05, 3.63) is 15.6 Å². The number of carbonyl (C=O) groups excluding carboxylic acids is 2. The van der Waals surface area contributed by atoms with Crippen molar-refractivity contribution in [1.82, 2.24) is 15.2 Å². The quantitative estimate of drug-likeness (QED) is 0.894. The highest BCUT2D eigenvalue weighted by Gasteiger charge is 2.29. The van der Waals surface area contributed by atoms with Crippen LogP contribution in [0.25, 0.3) is 0 Å². The number of nitrogens with one attached hydrogen (secondary N) is 1. The molecule has 0 radical (unpaired) electrons. The molecule has 5 nitrogen and oxygen atoms in total. The Bertz CT molecular complexity index is 561. The molecule has 1 fully saturated rings. The minimum absolute atomic E-state index is 0.0582. The van der Waals surface area contributed by atoms with E-state index in [9.17, 15) is 9.59 Å². The highest BCUT2D eigenvalue weighted by Crippen LogP contribution is 2.26. The second-order valence-electron chi connectivity index (χ2n) is 6.39. The number of nitrogens with zero attached hydrogens (tertiary/aromatic N) is 2. The third kappa shape index (κ3) is 3.91. The van der Waals surface area contributed by atoms with E-state index in [0.717, 1.165) is 17.8 Å². The first kappa shape index (κ1) is 16.4. The average Bonchev–Trinajstić information content (AvgIpc) is 2.97. The molecule has 1 aliphatic heterocycles. The molecule has 0 unspecified atom stereocenters. The standard InChI is InChI=1S/C17H25N3O2S/c1-2-20-11-12(7-8-16(20)21)17(22)18-10-9-15-19-13-5-3-4-6-14(13)23-15/h12H,2-11H2,1H3,(H,18,22)/t12-/m1/s1. The van der Waals surface area contributed by atoms with Gasteiger partial charge in [0.2, 0.25) is 11.8 Å². The Labute approximate surface area is 141 Å². The lowest BCUT2D eigenvalue weighted by Gasteiger charge is -2.30. The summed E-state index contributed by atoms with van der Waals surface area (Å²) in [6.07, 6.45) is 6.79. The summed E-state index contributed by atoms with van der Waals surface area (Å²) in [5.41, 5.74) is 1.28. The van der Waals surface area contributed by atoms with Gasteiger partial charge >= 0.3 is 0 Å². The fraction of sp³-hybridized carbons (Fsp3) is 0.706. The van der Waals surface area contributed by atoms with Gasteiger partial charge in [-0.3, -0.25) is 9.59 Å². The maximum Gasteiger partial charge on any atom is 0.224 e. The number of aromatic nitrogens is 1. The van der Waals surface area contributed by atoms with Crippen molar-refractivity contribution < 1.29 is 9.59 Å². The number of rotatable bonds is 5. The maximum absolute atomic E-state index is 12.3. The topological polar surface area (TPSA) is 62.3 Å². The number of aryl methyl sites for hydroxylation is 2. The first-order valence-corrected chi connectivity index (χ1v) is 9.52. The van der Waals surface area contributed by atoms with Crippen LogP contribution in [0.1, 0.15) is 48.2 Å². The van der Waals surface area contributed by atoms with Gasteiger partial charge in [0.1, 0.15) is 0 Å². The van der Waals surface area contributed by atoms with Crippen molar-refractivity contribution in [1.29, 1.82) is 0 Å². The van der Waals surface area contributed by atoms with Gasteiger partial charge in [-0.25, -0.2) is 4.98 Å². The number of amides is 2. The van der Waals surface area contributed by atoms with E-state index < -0.39 is 0 Å². The van der Waals surface area contributed by atoms with Gasteiger partial charge in [-0.1, -0.05) is 0 Å². The Balaban J connectivity index is 1.46. The molecule has 126 valence electrons. The summed E-state index contributed by atoms with van der Waals surface area (Å²) in [5, 5.41) is 4.18. The highest BCUT2D eigenvalue weighted by atomic mass is 32.1. The Morgan fingerprint density at radius 1 is 1.35 bits per heavy atom. The first-order chi connectivity index (χ1) is 11.2. The molecular formula is C17H25N3O2S. The summed E-state index contributed by atoms with van der Waals surface area (Å²) in [7, 11) is 0. The van der Waals surface area contributed by atoms with Crippen LogP contribution < -0.4 is 5.32 Å². The molecule has 6 heteroatoms. The average molecular weight is 335 g/mol. The number of fused-ring (bicyclic) bond motifs is 1. The van der Waals surface area contributed by atoms with E-state index in [1.54, 1.807) is 4.90 Å². The lowest BCUT2D eigenvalue weighted by atomic mass is 9.96. The molecule has 0 bridgehead atoms. The van der Waals surface area contributed by atoms with Crippen molar-refractivity contribution in [3.63, 3.8) is 0 Å². The van der Waals surface area contributed by atoms with E-state index in [1.165, 1.54) is 29.8 Å². The van der Waals surface area contributed by atoms with Gasteiger partial charge < -0.3 is 10.2 Å². The normalized spacial score (nSPS) is 21.2. The van der Waals surface area contributed by atoms with E-state index in [-0.39, 0.29) is 17.7 Å². The monoisotopic (exact) mass is 335 g/mol. The minimum Gasteiger partial charge on any atom is -0.355 e. The van der Waals surface area contributed by atoms with Gasteiger partial charge in [-0.05, 0) is 39.0 Å². The number of likely N-dealkylation sites (tertiary alicyclic amines) is 1. The number of hydrogen-bond acceptors (Lipinski definition) is 4. The summed E-state index contributed by atoms with van der Waals surface area (Å²) in [6, 6.07) is 0. The van der Waals surface area contributed by atoms with E-state index in [2.05, 4.69) is 5.32 Å². The predicted molar refractivity (Wildman–Crippen MR) is 90.4 cm³/mol. The van der Waals surface area contributed by atoms with Crippen LogP contribution in [0.4, 0.5) is 0 Å². The van der Waals surface area contributed by atoms with Crippen LogP contribution in [-0.2, 0) is 28.9 Å². The SMILES string of the molecule is CCN1C[C@H](C(=O)NCCc2nc3c(s2)CCCC3)CCC1=O. The Kier molecular flexibility index (Phi) is 5.30. The lowest BCUT2D eigenvalue weighted by Crippen LogP contribution is -2.45. The fourth-order valence-corrected chi connectivity index (χ4v) is 4.54. The lowest BCUT2D eigenvalue weighted by molar-refractivity contribution is -0.138. The molecule has 1 saturated heterocycles. The van der Waals surface area contributed by atoms with Gasteiger partial charge in [0.15, 0.2) is 0 Å². The molecule has 0 saturated carbocycles. The molecule has 1 N–H and O–H groups in total. The molecule has 2 heterocycles. The second kappa shape index (κ2) is 7.43. The number of thiazole rings is 1. The van der Waals surface area contributed by atoms with Crippen molar-refractivity contribution in [2.75, 3.05) is 19.6 Å². The van der Waals surface area contributed by atoms with Gasteiger partial charge in [0.25, 0.3) is 0 Å². The zero-order valence-corrected chi connectivity index (χ0v) is 14.6. The van der Waals surface area contributed by atoms with Gasteiger partial charge in [-0.2, -0.15) is 0 Å². The summed E-state index contributed by atoms with van der Waals surface area (Å²) in [6.45, 7) is 3.85. The van der Waals surface area contributed by atoms with Crippen molar-refractivity contribution in [2.45, 2.75) is 51.9 Å². The molecule has 0 aromatic carbocycles. The summed E-state index contributed by atoms with van der Waals surface area (Å²) in [5.74, 6) is 0.194. The number of piperidine rings is 1. The molecule has 2 amide bonds. The Hall–Kier alpha value is -1.43. The van der Waals surface area contributed by atoms with Crippen molar-refractivity contribution >= 4 is 23.2 Å². The van der Waals surface area contributed by atoms with Crippen molar-refractivity contribution in [3.8, 4) is 0 Å². The fourth-order valence-electron chi connectivity index (χ4n) is 3.38. The second-order valence-corrected chi connectivity index (χ2v) is 7.56. The summed E-state index contributed by atoms with van der Waals surface area (Å²) in [4.78, 5) is 31.9. The highest BCUT2D eigenvalue weighted by molar-refractivity contribution is 7.11. The van der Waals surface area contributed by atoms with Gasteiger partial charge in [0, 0.05) is 37.4 Å². The molecule has 2 aliphatic rings. The smallest absolute Gasteiger partial charge is 0.224 e. The largest absolute Gasteiger partial charge is 0.355 e. The first-order valence-electron chi connectivity index (χ1n) is 8.70. The molecule has 0 spiro atoms. The van der Waals surface area contributed by atoms with E-state index in [1.807, 2.05) is 18.3 Å². The Morgan fingerprint density at radius 2 is 2.17 bits per heavy atom. The third-order valence-corrected chi connectivity index (χ3v) is 6.00. The van der Waals surface area contributed by atoms with Crippen LogP contribution in [0.3, 0.4) is 0 Å². The minimum atomic E-state index is -0.0582. The molecule has 3 rings (SSSR count). The number of carbonyl (C=O) groups is 2. The van der Waals surface area contributed by atoms with Crippen molar-refractivity contribution in [2.24, 2.45) is 5.92 Å². The summed E-state index contributed by atoms with van der Waals surface area (Å²) < 4.78 is 0. The predicted octanol–water partition coefficient (Wildman–Crippen LogP) is 1.94. The van der Waals surface area contributed by atoms with Crippen LogP contribution in [0.15, 0.2) is 0 Å². The molecule has 23 heavy (non-hydrogen) atoms. The van der Waals surface area contributed by atoms with Crippen LogP contribution in [-0.4, -0.2) is 41.3 Å². The van der Waals surface area contributed by atoms with Crippen LogP contribution in [0.2, 0.25) is 0 Å². The van der Waals surface area contributed by atoms with Gasteiger partial charge in [0.05, 0.1) is 16.6 Å². The molecule has 1 aliphatic carbocycles. The summed E-state index contributed by atoms with van der Waals surface area (Å²) >= 11 is 1.81. The van der Waals surface area contributed by atoms with E-state index in [0.29, 0.717) is 32.5 Å². The van der Waals surface area contributed by atoms with E-state index >= 15 is 0 Å². The van der Waals surface area contributed by atoms with Crippen LogP contribution >= 0.6 is 11.3 Å². The molecule has 1 aromatic rings. The molecular weight excluding hydrogens is 310 g/mol. The zero-order valence-electron chi connectivity index (χ0n) is 13.8. The van der Waals surface area contributed by atoms with Gasteiger partial charge in [-0.15, -0.1) is 11.3 Å². The zero-order chi connectivity index (χ0) is 16.2. The van der Waals surface area contributed by atoms with Crippen LogP contribution in [0.5, 0.6) is 0 Å². The van der Waals surface area contributed by atoms with E-state index in [4.69, 9.17) is 4.98 Å². The third-order valence-electron chi connectivity index (χ3n) is 4.78. The molecule has 1 atom stereocenters. The Morgan fingerprint density at radius 3 is 2.96 bits per heavy atom. The van der Waals surface area contributed by atoms with Crippen LogP contribution in [0, 0.1) is 5.92 Å². The molecule has 1 aromatic heterocycles. The maximum atomic E-state index is 12.3.